The van der Waals surface area contributed by atoms with Crippen molar-refractivity contribution in [2.45, 2.75) is 59.8 Å². The highest BCUT2D eigenvalue weighted by Gasteiger charge is 2.21. The molecule has 2 aromatic rings. The van der Waals surface area contributed by atoms with Crippen LogP contribution in [0.2, 0.25) is 0 Å². The van der Waals surface area contributed by atoms with Crippen molar-refractivity contribution in [3.63, 3.8) is 0 Å². The predicted octanol–water partition coefficient (Wildman–Crippen LogP) is 7.21. The molecule has 0 nitrogen and oxygen atoms in total. The molecule has 24 heavy (non-hydrogen) atoms. The average Bonchev–Trinajstić information content (AvgIpc) is 2.54. The van der Waals surface area contributed by atoms with Gasteiger partial charge in [0, 0.05) is 1.43 Å². The molecule has 0 spiro atoms. The highest BCUT2D eigenvalue weighted by molar-refractivity contribution is 5.85. The van der Waals surface area contributed by atoms with Gasteiger partial charge in [-0.15, -0.1) is 0 Å². The molecule has 0 atom stereocenters. The summed E-state index contributed by atoms with van der Waals surface area (Å²) in [6.07, 6.45) is 6.20. The SMILES string of the molecule is C.Cc1ccc2cc(CCC3CCC(C)CC3)c(F)c(F)c2c1F.[HH]. The van der Waals surface area contributed by atoms with Crippen molar-refractivity contribution in [3.8, 4) is 0 Å². The van der Waals surface area contributed by atoms with Gasteiger partial charge in [-0.25, -0.2) is 13.2 Å². The summed E-state index contributed by atoms with van der Waals surface area (Å²) in [5.74, 6) is -1.21. The van der Waals surface area contributed by atoms with E-state index in [2.05, 4.69) is 6.92 Å². The molecule has 3 rings (SSSR count). The van der Waals surface area contributed by atoms with Gasteiger partial charge >= 0.3 is 0 Å². The molecular weight excluding hydrogens is 309 g/mol. The lowest BCUT2D eigenvalue weighted by atomic mass is 9.80. The average molecular weight is 338 g/mol. The van der Waals surface area contributed by atoms with E-state index in [1.807, 2.05) is 0 Å². The number of hydrogen-bond acceptors (Lipinski definition) is 0. The molecule has 134 valence electrons. The van der Waals surface area contributed by atoms with Crippen molar-refractivity contribution < 1.29 is 14.6 Å². The van der Waals surface area contributed by atoms with Crippen molar-refractivity contribution in [2.75, 3.05) is 0 Å². The summed E-state index contributed by atoms with van der Waals surface area (Å²) in [5.41, 5.74) is 0.705. The lowest BCUT2D eigenvalue weighted by Gasteiger charge is -2.26. The van der Waals surface area contributed by atoms with Gasteiger partial charge in [-0.1, -0.05) is 52.2 Å². The molecule has 1 saturated carbocycles. The molecule has 1 fully saturated rings. The Morgan fingerprint density at radius 2 is 1.67 bits per heavy atom. The Morgan fingerprint density at radius 1 is 1.00 bits per heavy atom. The highest BCUT2D eigenvalue weighted by Crippen LogP contribution is 2.33. The highest BCUT2D eigenvalue weighted by atomic mass is 19.2. The molecule has 1 aliphatic carbocycles. The van der Waals surface area contributed by atoms with E-state index < -0.39 is 17.5 Å². The predicted molar refractivity (Wildman–Crippen MR) is 96.8 cm³/mol. The molecule has 0 saturated heterocycles. The summed E-state index contributed by atoms with van der Waals surface area (Å²) in [5, 5.41) is 0.219. The Bertz CT molecular complexity index is 719. The molecule has 0 unspecified atom stereocenters. The lowest BCUT2D eigenvalue weighted by molar-refractivity contribution is 0.277. The Labute approximate surface area is 144 Å². The minimum atomic E-state index is -1.05. The molecule has 0 amide bonds. The van der Waals surface area contributed by atoms with Crippen LogP contribution in [0.4, 0.5) is 13.2 Å². The fraction of sp³-hybridized carbons (Fsp3) is 0.524. The molecule has 0 heterocycles. The van der Waals surface area contributed by atoms with Crippen molar-refractivity contribution >= 4 is 10.8 Å². The van der Waals surface area contributed by atoms with Crippen LogP contribution in [0.15, 0.2) is 18.2 Å². The monoisotopic (exact) mass is 338 g/mol. The standard InChI is InChI=1S/C20H23F3.CH4.H2/c1-12-3-6-14(7-4-12)8-10-16-11-15-9-5-13(2)18(21)17(15)20(23)19(16)22;;/h5,9,11-12,14H,3-4,6-8,10H2,1-2H3;1H4;1H. The molecule has 2 aromatic carbocycles. The van der Waals surface area contributed by atoms with Crippen LogP contribution >= 0.6 is 0 Å². The van der Waals surface area contributed by atoms with Crippen molar-refractivity contribution in [3.05, 3.63) is 46.8 Å². The van der Waals surface area contributed by atoms with Gasteiger partial charge in [0.1, 0.15) is 5.82 Å². The van der Waals surface area contributed by atoms with E-state index in [0.717, 1.165) is 12.3 Å². The second-order valence-electron chi connectivity index (χ2n) is 7.12. The maximum Gasteiger partial charge on any atom is 0.169 e. The third kappa shape index (κ3) is 3.60. The van der Waals surface area contributed by atoms with Crippen molar-refractivity contribution in [1.29, 1.82) is 0 Å². The van der Waals surface area contributed by atoms with Gasteiger partial charge in [0.05, 0.1) is 5.39 Å². The van der Waals surface area contributed by atoms with Crippen LogP contribution in [-0.2, 0) is 6.42 Å². The zero-order valence-electron chi connectivity index (χ0n) is 13.8. The van der Waals surface area contributed by atoms with Crippen LogP contribution in [0.1, 0.15) is 59.0 Å². The van der Waals surface area contributed by atoms with Gasteiger partial charge in [0.25, 0.3) is 0 Å². The Morgan fingerprint density at radius 3 is 2.33 bits per heavy atom. The zero-order valence-corrected chi connectivity index (χ0v) is 13.8. The summed E-state index contributed by atoms with van der Waals surface area (Å²) >= 11 is 0. The molecule has 0 bridgehead atoms. The van der Waals surface area contributed by atoms with Crippen LogP contribution in [0.5, 0.6) is 0 Å². The third-order valence-electron chi connectivity index (χ3n) is 5.35. The minimum absolute atomic E-state index is 0. The van der Waals surface area contributed by atoms with E-state index in [1.54, 1.807) is 25.1 Å². The first-order valence-corrected chi connectivity index (χ1v) is 8.53. The largest absolute Gasteiger partial charge is 0.206 e. The number of hydrogen-bond donors (Lipinski definition) is 0. The van der Waals surface area contributed by atoms with E-state index in [0.29, 0.717) is 28.9 Å². The Balaban J connectivity index is 0.00000156. The van der Waals surface area contributed by atoms with Gasteiger partial charge < -0.3 is 0 Å². The van der Waals surface area contributed by atoms with Gasteiger partial charge in [0.2, 0.25) is 0 Å². The summed E-state index contributed by atoms with van der Waals surface area (Å²) in [6.45, 7) is 3.83. The first kappa shape index (κ1) is 18.8. The molecular formula is C21H29F3. The maximum atomic E-state index is 14.3. The van der Waals surface area contributed by atoms with E-state index in [9.17, 15) is 13.2 Å². The molecule has 0 radical (unpaired) electrons. The van der Waals surface area contributed by atoms with E-state index in [4.69, 9.17) is 0 Å². The first-order valence-electron chi connectivity index (χ1n) is 8.53. The summed E-state index contributed by atoms with van der Waals surface area (Å²) in [6, 6.07) is 4.89. The molecule has 3 heteroatoms. The number of aryl methyl sites for hydroxylation is 2. The van der Waals surface area contributed by atoms with Crippen molar-refractivity contribution in [2.24, 2.45) is 11.8 Å². The normalized spacial score (nSPS) is 20.9. The van der Waals surface area contributed by atoms with E-state index in [1.165, 1.54) is 25.7 Å². The number of fused-ring (bicyclic) bond motifs is 1. The molecule has 1 aliphatic rings. The van der Waals surface area contributed by atoms with Crippen LogP contribution in [0, 0.1) is 36.2 Å². The second-order valence-corrected chi connectivity index (χ2v) is 7.12. The molecule has 0 aromatic heterocycles. The quantitative estimate of drug-likeness (QED) is 0.555. The minimum Gasteiger partial charge on any atom is -0.206 e. The zero-order chi connectivity index (χ0) is 16.6. The molecule has 0 aliphatic heterocycles. The second kappa shape index (κ2) is 7.58. The maximum absolute atomic E-state index is 14.3. The van der Waals surface area contributed by atoms with Crippen molar-refractivity contribution in [1.82, 2.24) is 0 Å². The smallest absolute Gasteiger partial charge is 0.169 e. The van der Waals surface area contributed by atoms with Crippen LogP contribution < -0.4 is 0 Å². The van der Waals surface area contributed by atoms with Crippen LogP contribution in [0.25, 0.3) is 10.8 Å². The van der Waals surface area contributed by atoms with Gasteiger partial charge in [-0.3, -0.25) is 0 Å². The van der Waals surface area contributed by atoms with Crippen LogP contribution in [0.3, 0.4) is 0 Å². The molecule has 0 N–H and O–H groups in total. The van der Waals surface area contributed by atoms with Crippen LogP contribution in [-0.4, -0.2) is 0 Å². The third-order valence-corrected chi connectivity index (χ3v) is 5.35. The number of benzene rings is 2. The summed E-state index contributed by atoms with van der Waals surface area (Å²) in [7, 11) is 0. The van der Waals surface area contributed by atoms with Gasteiger partial charge in [-0.05, 0) is 54.2 Å². The van der Waals surface area contributed by atoms with E-state index >= 15 is 0 Å². The first-order chi connectivity index (χ1) is 11.0. The Hall–Kier alpha value is -1.51. The van der Waals surface area contributed by atoms with E-state index in [-0.39, 0.29) is 14.2 Å². The summed E-state index contributed by atoms with van der Waals surface area (Å²) in [4.78, 5) is 0. The topological polar surface area (TPSA) is 0 Å². The van der Waals surface area contributed by atoms with Gasteiger partial charge in [-0.2, -0.15) is 0 Å². The lowest BCUT2D eigenvalue weighted by Crippen LogP contribution is -2.13. The number of rotatable bonds is 3. The number of halogens is 3. The summed E-state index contributed by atoms with van der Waals surface area (Å²) < 4.78 is 42.7. The van der Waals surface area contributed by atoms with Gasteiger partial charge in [0.15, 0.2) is 11.6 Å². The fourth-order valence-electron chi connectivity index (χ4n) is 3.70. The fourth-order valence-corrected chi connectivity index (χ4v) is 3.70. The Kier molecular flexibility index (Phi) is 5.95.